The van der Waals surface area contributed by atoms with E-state index in [-0.39, 0.29) is 11.5 Å². The van der Waals surface area contributed by atoms with Crippen LogP contribution in [0.2, 0.25) is 0 Å². The largest absolute Gasteiger partial charge is 0.309 e. The van der Waals surface area contributed by atoms with E-state index >= 15 is 0 Å². The quantitative estimate of drug-likeness (QED) is 0.707. The molecule has 2 aromatic rings. The van der Waals surface area contributed by atoms with Gasteiger partial charge in [-0.25, -0.2) is 0 Å². The number of rotatable bonds is 3. The lowest BCUT2D eigenvalue weighted by Crippen LogP contribution is -2.19. The Hall–Kier alpha value is -0.870. The third-order valence-electron chi connectivity index (χ3n) is 3.93. The molecule has 0 bridgehead atoms. The molecule has 1 N–H and O–H groups in total. The number of aryl methyl sites for hydroxylation is 1. The van der Waals surface area contributed by atoms with Gasteiger partial charge in [0.05, 0.1) is 6.04 Å². The molecule has 2 aromatic carbocycles. The zero-order valence-corrected chi connectivity index (χ0v) is 15.7. The third-order valence-corrected chi connectivity index (χ3v) is 5.40. The highest BCUT2D eigenvalue weighted by Gasteiger charge is 2.18. The molecule has 21 heavy (non-hydrogen) atoms. The van der Waals surface area contributed by atoms with Crippen LogP contribution in [0.15, 0.2) is 42.5 Å². The van der Waals surface area contributed by atoms with Crippen molar-refractivity contribution in [3.05, 3.63) is 68.3 Å². The smallest absolute Gasteiger partial charge is 0.0584 e. The number of nitrogens with one attached hydrogen (secondary N) is 1. The summed E-state index contributed by atoms with van der Waals surface area (Å²) in [6.45, 7) is 8.92. The maximum absolute atomic E-state index is 3.46. The Kier molecular flexibility index (Phi) is 5.10. The van der Waals surface area contributed by atoms with Crippen LogP contribution in [0.1, 0.15) is 49.1 Å². The van der Waals surface area contributed by atoms with Crippen LogP contribution in [0, 0.1) is 10.5 Å². The summed E-state index contributed by atoms with van der Waals surface area (Å²) in [6.07, 6.45) is 0. The van der Waals surface area contributed by atoms with Gasteiger partial charge in [-0.05, 0) is 64.2 Å². The molecule has 0 saturated heterocycles. The summed E-state index contributed by atoms with van der Waals surface area (Å²) in [5, 5.41) is 3.46. The van der Waals surface area contributed by atoms with Gasteiger partial charge in [0, 0.05) is 3.57 Å². The third kappa shape index (κ3) is 3.67. The maximum atomic E-state index is 3.46. The molecule has 0 aliphatic heterocycles. The second kappa shape index (κ2) is 6.49. The molecule has 2 heteroatoms. The molecule has 0 aliphatic rings. The minimum atomic E-state index is 0.200. The highest BCUT2D eigenvalue weighted by molar-refractivity contribution is 14.1. The molecule has 1 nitrogen and oxygen atoms in total. The zero-order chi connectivity index (χ0) is 15.6. The summed E-state index contributed by atoms with van der Waals surface area (Å²) in [5.41, 5.74) is 5.57. The predicted molar refractivity (Wildman–Crippen MR) is 99.9 cm³/mol. The first kappa shape index (κ1) is 16.5. The maximum Gasteiger partial charge on any atom is 0.0584 e. The normalized spacial score (nSPS) is 13.2. The average molecular weight is 393 g/mol. The van der Waals surface area contributed by atoms with E-state index in [1.807, 2.05) is 7.05 Å². The van der Waals surface area contributed by atoms with Crippen molar-refractivity contribution in [3.63, 3.8) is 0 Å². The van der Waals surface area contributed by atoms with Crippen molar-refractivity contribution in [1.82, 2.24) is 5.32 Å². The van der Waals surface area contributed by atoms with Gasteiger partial charge in [-0.2, -0.15) is 0 Å². The molecule has 0 aliphatic carbocycles. The highest BCUT2D eigenvalue weighted by Crippen LogP contribution is 2.30. The van der Waals surface area contributed by atoms with E-state index in [2.05, 4.69) is 98.1 Å². The Bertz CT molecular complexity index is 608. The van der Waals surface area contributed by atoms with Gasteiger partial charge in [-0.3, -0.25) is 0 Å². The molecule has 0 aromatic heterocycles. The molecule has 0 spiro atoms. The van der Waals surface area contributed by atoms with E-state index in [1.54, 1.807) is 0 Å². The standard InChI is InChI=1S/C19H24IN/c1-13-7-6-8-16(17(13)20)18(21-5)14-9-11-15(12-10-14)19(2,3)4/h6-12,18,21H,1-5H3. The summed E-state index contributed by atoms with van der Waals surface area (Å²) in [6, 6.07) is 15.8. The van der Waals surface area contributed by atoms with E-state index in [4.69, 9.17) is 0 Å². The van der Waals surface area contributed by atoms with Crippen LogP contribution >= 0.6 is 22.6 Å². The first-order valence-corrected chi connectivity index (χ1v) is 8.45. The molecular formula is C19H24IN. The lowest BCUT2D eigenvalue weighted by molar-refractivity contribution is 0.589. The van der Waals surface area contributed by atoms with Crippen molar-refractivity contribution >= 4 is 22.6 Å². The van der Waals surface area contributed by atoms with Crippen LogP contribution in [0.4, 0.5) is 0 Å². The fraction of sp³-hybridized carbons (Fsp3) is 0.368. The van der Waals surface area contributed by atoms with E-state index < -0.39 is 0 Å². The summed E-state index contributed by atoms with van der Waals surface area (Å²) in [4.78, 5) is 0. The molecule has 2 rings (SSSR count). The van der Waals surface area contributed by atoms with Crippen LogP contribution in [0.25, 0.3) is 0 Å². The van der Waals surface area contributed by atoms with Gasteiger partial charge < -0.3 is 5.32 Å². The number of benzene rings is 2. The Balaban J connectivity index is 2.40. The van der Waals surface area contributed by atoms with E-state index in [0.717, 1.165) is 0 Å². The van der Waals surface area contributed by atoms with Gasteiger partial charge in [0.25, 0.3) is 0 Å². The number of hydrogen-bond acceptors (Lipinski definition) is 1. The molecule has 0 heterocycles. The molecular weight excluding hydrogens is 369 g/mol. The second-order valence-electron chi connectivity index (χ2n) is 6.57. The zero-order valence-electron chi connectivity index (χ0n) is 13.5. The highest BCUT2D eigenvalue weighted by atomic mass is 127. The monoisotopic (exact) mass is 393 g/mol. The minimum absolute atomic E-state index is 0.200. The van der Waals surface area contributed by atoms with Gasteiger partial charge in [-0.1, -0.05) is 63.2 Å². The van der Waals surface area contributed by atoms with Crippen molar-refractivity contribution in [3.8, 4) is 0 Å². The Labute approximate surface area is 142 Å². The molecule has 0 fully saturated rings. The molecule has 1 atom stereocenters. The Morgan fingerprint density at radius 2 is 1.62 bits per heavy atom. The van der Waals surface area contributed by atoms with Crippen LogP contribution in [0.3, 0.4) is 0 Å². The van der Waals surface area contributed by atoms with Crippen LogP contribution < -0.4 is 5.32 Å². The van der Waals surface area contributed by atoms with Crippen molar-refractivity contribution in [2.45, 2.75) is 39.2 Å². The average Bonchev–Trinajstić information content (AvgIpc) is 2.44. The topological polar surface area (TPSA) is 12.0 Å². The number of halogens is 1. The Morgan fingerprint density at radius 3 is 2.14 bits per heavy atom. The van der Waals surface area contributed by atoms with E-state index in [0.29, 0.717) is 0 Å². The van der Waals surface area contributed by atoms with Crippen LogP contribution in [-0.4, -0.2) is 7.05 Å². The Morgan fingerprint density at radius 1 is 1.00 bits per heavy atom. The summed E-state index contributed by atoms with van der Waals surface area (Å²) in [7, 11) is 2.03. The van der Waals surface area contributed by atoms with Crippen LogP contribution in [0.5, 0.6) is 0 Å². The lowest BCUT2D eigenvalue weighted by Gasteiger charge is -2.23. The first-order valence-electron chi connectivity index (χ1n) is 7.37. The van der Waals surface area contributed by atoms with E-state index in [1.165, 1.54) is 25.8 Å². The van der Waals surface area contributed by atoms with Gasteiger partial charge in [0.1, 0.15) is 0 Å². The van der Waals surface area contributed by atoms with Crippen molar-refractivity contribution in [1.29, 1.82) is 0 Å². The lowest BCUT2D eigenvalue weighted by atomic mass is 9.85. The molecule has 1 unspecified atom stereocenters. The summed E-state index contributed by atoms with van der Waals surface area (Å²) < 4.78 is 1.34. The van der Waals surface area contributed by atoms with Gasteiger partial charge in [0.15, 0.2) is 0 Å². The fourth-order valence-electron chi connectivity index (χ4n) is 2.57. The summed E-state index contributed by atoms with van der Waals surface area (Å²) in [5.74, 6) is 0. The first-order chi connectivity index (χ1) is 9.84. The predicted octanol–water partition coefficient (Wildman–Crippen LogP) is 5.21. The van der Waals surface area contributed by atoms with Crippen molar-refractivity contribution in [2.75, 3.05) is 7.05 Å². The SMILES string of the molecule is CNC(c1ccc(C(C)(C)C)cc1)c1cccc(C)c1I. The van der Waals surface area contributed by atoms with Gasteiger partial charge in [-0.15, -0.1) is 0 Å². The molecule has 0 radical (unpaired) electrons. The molecule has 0 amide bonds. The molecule has 112 valence electrons. The van der Waals surface area contributed by atoms with Crippen LogP contribution in [-0.2, 0) is 5.41 Å². The van der Waals surface area contributed by atoms with E-state index in [9.17, 15) is 0 Å². The van der Waals surface area contributed by atoms with Gasteiger partial charge >= 0.3 is 0 Å². The minimum Gasteiger partial charge on any atom is -0.309 e. The summed E-state index contributed by atoms with van der Waals surface area (Å²) >= 11 is 2.45. The van der Waals surface area contributed by atoms with Gasteiger partial charge in [0.2, 0.25) is 0 Å². The fourth-order valence-corrected chi connectivity index (χ4v) is 3.24. The second-order valence-corrected chi connectivity index (χ2v) is 7.65. The molecule has 0 saturated carbocycles. The van der Waals surface area contributed by atoms with Crippen molar-refractivity contribution < 1.29 is 0 Å². The van der Waals surface area contributed by atoms with Crippen molar-refractivity contribution in [2.24, 2.45) is 0 Å². The number of hydrogen-bond donors (Lipinski definition) is 1.